The molecule has 0 saturated heterocycles. The van der Waals surface area contributed by atoms with E-state index in [1.807, 2.05) is 13.0 Å². The van der Waals surface area contributed by atoms with Crippen LogP contribution < -0.4 is 0 Å². The Hall–Kier alpha value is -1.18. The molecule has 1 fully saturated rings. The maximum absolute atomic E-state index is 12.3. The number of carbonyl (C=O) groups excluding carboxylic acids is 1. The molecule has 0 spiro atoms. The molecule has 1 aromatic heterocycles. The molecule has 1 heterocycles. The van der Waals surface area contributed by atoms with Gasteiger partial charge in [-0.3, -0.25) is 9.78 Å². The van der Waals surface area contributed by atoms with Gasteiger partial charge in [0.15, 0.2) is 5.78 Å². The van der Waals surface area contributed by atoms with Crippen LogP contribution in [-0.4, -0.2) is 10.8 Å². The number of pyridine rings is 1. The minimum absolute atomic E-state index is 0.129. The highest BCUT2D eigenvalue weighted by Gasteiger charge is 2.36. The monoisotopic (exact) mass is 203 g/mol. The van der Waals surface area contributed by atoms with Crippen LogP contribution in [0.3, 0.4) is 0 Å². The third kappa shape index (κ3) is 1.94. The van der Waals surface area contributed by atoms with Crippen LogP contribution in [0, 0.1) is 12.3 Å². The third-order valence-electron chi connectivity index (χ3n) is 3.39. The lowest BCUT2D eigenvalue weighted by atomic mass is 9.81. The highest BCUT2D eigenvalue weighted by Crippen LogP contribution is 2.40. The van der Waals surface area contributed by atoms with Gasteiger partial charge < -0.3 is 0 Å². The van der Waals surface area contributed by atoms with Crippen LogP contribution in [0.5, 0.6) is 0 Å². The van der Waals surface area contributed by atoms with Gasteiger partial charge in [0, 0.05) is 23.4 Å². The van der Waals surface area contributed by atoms with E-state index in [4.69, 9.17) is 0 Å². The van der Waals surface area contributed by atoms with E-state index in [1.54, 1.807) is 12.4 Å². The van der Waals surface area contributed by atoms with Crippen LogP contribution in [0.25, 0.3) is 0 Å². The smallest absolute Gasteiger partial charge is 0.170 e. The summed E-state index contributed by atoms with van der Waals surface area (Å²) in [6.07, 6.45) is 7.90. The fourth-order valence-electron chi connectivity index (χ4n) is 2.41. The lowest BCUT2D eigenvalue weighted by molar-refractivity contribution is 0.0823. The Bertz CT molecular complexity index is 378. The summed E-state index contributed by atoms with van der Waals surface area (Å²) in [6, 6.07) is 1.94. The summed E-state index contributed by atoms with van der Waals surface area (Å²) >= 11 is 0. The minimum atomic E-state index is -0.129. The summed E-state index contributed by atoms with van der Waals surface area (Å²) in [7, 11) is 0. The summed E-state index contributed by atoms with van der Waals surface area (Å²) in [4.78, 5) is 16.4. The van der Waals surface area contributed by atoms with E-state index in [-0.39, 0.29) is 11.2 Å². The molecule has 15 heavy (non-hydrogen) atoms. The molecule has 1 saturated carbocycles. The quantitative estimate of drug-likeness (QED) is 0.691. The average molecular weight is 203 g/mol. The molecule has 80 valence electrons. The molecule has 2 rings (SSSR count). The van der Waals surface area contributed by atoms with Gasteiger partial charge in [-0.2, -0.15) is 0 Å². The molecule has 0 amide bonds. The molecular weight excluding hydrogens is 186 g/mol. The molecule has 0 bridgehead atoms. The van der Waals surface area contributed by atoms with E-state index in [0.29, 0.717) is 0 Å². The number of carbonyl (C=O) groups is 1. The Kier molecular flexibility index (Phi) is 2.59. The first kappa shape index (κ1) is 10.3. The first-order valence-electron chi connectivity index (χ1n) is 5.58. The van der Waals surface area contributed by atoms with Gasteiger partial charge in [0.2, 0.25) is 0 Å². The highest BCUT2D eigenvalue weighted by molar-refractivity contribution is 6.00. The number of nitrogens with zero attached hydrogens (tertiary/aromatic N) is 1. The van der Waals surface area contributed by atoms with Crippen molar-refractivity contribution < 1.29 is 4.79 Å². The number of Topliss-reactive ketones (excluding diaryl/α,β-unsaturated/α-hetero) is 1. The lowest BCUT2D eigenvalue weighted by Gasteiger charge is -2.21. The van der Waals surface area contributed by atoms with Crippen molar-refractivity contribution in [1.29, 1.82) is 0 Å². The van der Waals surface area contributed by atoms with Crippen LogP contribution >= 0.6 is 0 Å². The molecule has 0 atom stereocenters. The Morgan fingerprint density at radius 2 is 2.00 bits per heavy atom. The maximum Gasteiger partial charge on any atom is 0.170 e. The van der Waals surface area contributed by atoms with Crippen molar-refractivity contribution in [1.82, 2.24) is 4.98 Å². The minimum Gasteiger partial charge on any atom is -0.294 e. The van der Waals surface area contributed by atoms with Gasteiger partial charge in [-0.15, -0.1) is 0 Å². The second-order valence-electron chi connectivity index (χ2n) is 4.85. The molecule has 0 radical (unpaired) electrons. The number of hydrogen-bond donors (Lipinski definition) is 0. The van der Waals surface area contributed by atoms with E-state index in [2.05, 4.69) is 11.9 Å². The van der Waals surface area contributed by atoms with Gasteiger partial charge in [0.25, 0.3) is 0 Å². The Morgan fingerprint density at radius 1 is 1.33 bits per heavy atom. The van der Waals surface area contributed by atoms with E-state index >= 15 is 0 Å². The highest BCUT2D eigenvalue weighted by atomic mass is 16.1. The van der Waals surface area contributed by atoms with Crippen LogP contribution in [0.1, 0.15) is 48.5 Å². The average Bonchev–Trinajstić information content (AvgIpc) is 2.65. The Morgan fingerprint density at radius 3 is 2.60 bits per heavy atom. The number of ketones is 1. The van der Waals surface area contributed by atoms with E-state index in [1.165, 1.54) is 12.8 Å². The Labute approximate surface area is 90.7 Å². The standard InChI is InChI=1S/C13H17NO/c1-10-7-11(9-14-8-10)12(15)13(2)5-3-4-6-13/h7-9H,3-6H2,1-2H3. The molecule has 0 unspecified atom stereocenters. The first-order valence-corrected chi connectivity index (χ1v) is 5.58. The fraction of sp³-hybridized carbons (Fsp3) is 0.538. The van der Waals surface area contributed by atoms with Crippen molar-refractivity contribution in [2.45, 2.75) is 39.5 Å². The predicted molar refractivity (Wildman–Crippen MR) is 59.9 cm³/mol. The lowest BCUT2D eigenvalue weighted by Crippen LogP contribution is -2.24. The zero-order valence-electron chi connectivity index (χ0n) is 9.42. The summed E-state index contributed by atoms with van der Waals surface area (Å²) in [5.74, 6) is 0.274. The van der Waals surface area contributed by atoms with Crippen molar-refractivity contribution in [3.8, 4) is 0 Å². The topological polar surface area (TPSA) is 30.0 Å². The van der Waals surface area contributed by atoms with Gasteiger partial charge in [-0.25, -0.2) is 0 Å². The largest absolute Gasteiger partial charge is 0.294 e. The second kappa shape index (κ2) is 3.76. The van der Waals surface area contributed by atoms with E-state index in [9.17, 15) is 4.79 Å². The van der Waals surface area contributed by atoms with Crippen molar-refractivity contribution in [2.24, 2.45) is 5.41 Å². The fourth-order valence-corrected chi connectivity index (χ4v) is 2.41. The van der Waals surface area contributed by atoms with Crippen LogP contribution in [0.4, 0.5) is 0 Å². The molecular formula is C13H17NO. The molecule has 1 aliphatic carbocycles. The van der Waals surface area contributed by atoms with Crippen LogP contribution in [-0.2, 0) is 0 Å². The van der Waals surface area contributed by atoms with Crippen molar-refractivity contribution in [3.05, 3.63) is 29.6 Å². The second-order valence-corrected chi connectivity index (χ2v) is 4.85. The molecule has 2 nitrogen and oxygen atoms in total. The van der Waals surface area contributed by atoms with Gasteiger partial charge >= 0.3 is 0 Å². The first-order chi connectivity index (χ1) is 7.12. The molecule has 0 aromatic carbocycles. The number of hydrogen-bond acceptors (Lipinski definition) is 2. The molecule has 0 aliphatic heterocycles. The maximum atomic E-state index is 12.3. The van der Waals surface area contributed by atoms with Gasteiger partial charge in [-0.1, -0.05) is 19.8 Å². The number of aromatic nitrogens is 1. The molecule has 0 N–H and O–H groups in total. The normalized spacial score (nSPS) is 19.1. The summed E-state index contributed by atoms with van der Waals surface area (Å²) in [5.41, 5.74) is 1.71. The number of aryl methyl sites for hydroxylation is 1. The molecule has 1 aliphatic rings. The van der Waals surface area contributed by atoms with Crippen molar-refractivity contribution >= 4 is 5.78 Å². The SMILES string of the molecule is Cc1cncc(C(=O)C2(C)CCCC2)c1. The van der Waals surface area contributed by atoms with Gasteiger partial charge in [0.1, 0.15) is 0 Å². The van der Waals surface area contributed by atoms with Gasteiger partial charge in [0.05, 0.1) is 0 Å². The number of rotatable bonds is 2. The molecule has 2 heteroatoms. The van der Waals surface area contributed by atoms with Gasteiger partial charge in [-0.05, 0) is 31.4 Å². The van der Waals surface area contributed by atoms with E-state index < -0.39 is 0 Å². The predicted octanol–water partition coefficient (Wildman–Crippen LogP) is 3.15. The van der Waals surface area contributed by atoms with Crippen LogP contribution in [0.15, 0.2) is 18.5 Å². The van der Waals surface area contributed by atoms with Crippen molar-refractivity contribution in [2.75, 3.05) is 0 Å². The Balaban J connectivity index is 2.27. The van der Waals surface area contributed by atoms with Crippen molar-refractivity contribution in [3.63, 3.8) is 0 Å². The third-order valence-corrected chi connectivity index (χ3v) is 3.39. The molecule has 1 aromatic rings. The zero-order valence-corrected chi connectivity index (χ0v) is 9.42. The summed E-state index contributed by atoms with van der Waals surface area (Å²) < 4.78 is 0. The summed E-state index contributed by atoms with van der Waals surface area (Å²) in [5, 5.41) is 0. The zero-order chi connectivity index (χ0) is 10.9. The van der Waals surface area contributed by atoms with Crippen LogP contribution in [0.2, 0.25) is 0 Å². The van der Waals surface area contributed by atoms with E-state index in [0.717, 1.165) is 24.0 Å². The summed E-state index contributed by atoms with van der Waals surface area (Å²) in [6.45, 7) is 4.06.